The van der Waals surface area contributed by atoms with Crippen molar-refractivity contribution < 1.29 is 4.79 Å². The maximum atomic E-state index is 12.3. The third-order valence-electron chi connectivity index (χ3n) is 3.65. The largest absolute Gasteiger partial charge is 0.358 e. The Morgan fingerprint density at radius 2 is 1.96 bits per heavy atom. The summed E-state index contributed by atoms with van der Waals surface area (Å²) in [5.74, 6) is 0.513. The van der Waals surface area contributed by atoms with Crippen molar-refractivity contribution in [2.45, 2.75) is 19.5 Å². The highest BCUT2D eigenvalue weighted by Gasteiger charge is 2.14. The number of hydrogen-bond donors (Lipinski definition) is 2. The Hall–Kier alpha value is -2.66. The molecule has 0 saturated heterocycles. The van der Waals surface area contributed by atoms with Crippen LogP contribution in [0.3, 0.4) is 0 Å². The number of rotatable bonds is 5. The van der Waals surface area contributed by atoms with E-state index in [9.17, 15) is 4.79 Å². The van der Waals surface area contributed by atoms with Crippen LogP contribution in [0.15, 0.2) is 54.9 Å². The first-order chi connectivity index (χ1) is 11.6. The summed E-state index contributed by atoms with van der Waals surface area (Å²) in [7, 11) is 0. The van der Waals surface area contributed by atoms with E-state index in [-0.39, 0.29) is 5.91 Å². The number of carbonyl (C=O) groups is 1. The van der Waals surface area contributed by atoms with Crippen molar-refractivity contribution in [3.05, 3.63) is 65.4 Å². The van der Waals surface area contributed by atoms with E-state index < -0.39 is 6.04 Å². The van der Waals surface area contributed by atoms with Crippen molar-refractivity contribution >= 4 is 34.2 Å². The minimum absolute atomic E-state index is 0.0976. The summed E-state index contributed by atoms with van der Waals surface area (Å²) in [5, 5.41) is 7.48. The van der Waals surface area contributed by atoms with Gasteiger partial charge in [-0.05, 0) is 30.7 Å². The van der Waals surface area contributed by atoms with Crippen LogP contribution in [0.4, 0.5) is 5.82 Å². The zero-order valence-corrected chi connectivity index (χ0v) is 13.9. The van der Waals surface area contributed by atoms with E-state index in [1.807, 2.05) is 36.4 Å². The van der Waals surface area contributed by atoms with Crippen LogP contribution in [0.25, 0.3) is 10.9 Å². The highest BCUT2D eigenvalue weighted by Crippen LogP contribution is 2.22. The second-order valence-corrected chi connectivity index (χ2v) is 5.89. The van der Waals surface area contributed by atoms with Gasteiger partial charge in [-0.15, -0.1) is 0 Å². The lowest BCUT2D eigenvalue weighted by Crippen LogP contribution is -2.37. The average Bonchev–Trinajstić information content (AvgIpc) is 2.60. The molecule has 0 radical (unpaired) electrons. The molecule has 5 nitrogen and oxygen atoms in total. The molecule has 0 aliphatic rings. The first kappa shape index (κ1) is 16.2. The summed E-state index contributed by atoms with van der Waals surface area (Å²) in [5.41, 5.74) is 1.79. The number of hydrogen-bond acceptors (Lipinski definition) is 4. The van der Waals surface area contributed by atoms with E-state index in [1.165, 1.54) is 6.33 Å². The number of amides is 1. The second-order valence-electron chi connectivity index (χ2n) is 5.45. The van der Waals surface area contributed by atoms with Crippen molar-refractivity contribution in [3.8, 4) is 0 Å². The molecule has 0 bridgehead atoms. The van der Waals surface area contributed by atoms with Gasteiger partial charge in [0.2, 0.25) is 5.91 Å². The lowest BCUT2D eigenvalue weighted by molar-refractivity contribution is -0.121. The molecule has 2 aromatic carbocycles. The lowest BCUT2D eigenvalue weighted by Gasteiger charge is -2.16. The van der Waals surface area contributed by atoms with E-state index >= 15 is 0 Å². The van der Waals surface area contributed by atoms with Crippen LogP contribution in [0, 0.1) is 0 Å². The van der Waals surface area contributed by atoms with Gasteiger partial charge in [-0.25, -0.2) is 9.97 Å². The van der Waals surface area contributed by atoms with Gasteiger partial charge < -0.3 is 10.6 Å². The van der Waals surface area contributed by atoms with Crippen molar-refractivity contribution in [1.29, 1.82) is 0 Å². The van der Waals surface area contributed by atoms with Gasteiger partial charge in [-0.2, -0.15) is 0 Å². The summed E-state index contributed by atoms with van der Waals surface area (Å²) in [6.45, 7) is 2.29. The minimum Gasteiger partial charge on any atom is -0.358 e. The van der Waals surface area contributed by atoms with Crippen LogP contribution in [-0.4, -0.2) is 21.9 Å². The van der Waals surface area contributed by atoms with Gasteiger partial charge in [0.05, 0.1) is 5.52 Å². The smallest absolute Gasteiger partial charge is 0.242 e. The van der Waals surface area contributed by atoms with E-state index in [2.05, 4.69) is 20.6 Å². The summed E-state index contributed by atoms with van der Waals surface area (Å²) in [6.07, 6.45) is 1.45. The first-order valence-corrected chi connectivity index (χ1v) is 8.00. The topological polar surface area (TPSA) is 66.9 Å². The number of halogens is 1. The fourth-order valence-corrected chi connectivity index (χ4v) is 2.52. The number of fused-ring (bicyclic) bond motifs is 1. The monoisotopic (exact) mass is 340 g/mol. The highest BCUT2D eigenvalue weighted by molar-refractivity contribution is 6.31. The van der Waals surface area contributed by atoms with E-state index in [4.69, 9.17) is 11.6 Å². The standard InChI is InChI=1S/C18H17ClN4O/c1-12(18(24)20-10-13-5-3-2-4-6-13)23-17-15-8-7-14(19)9-16(15)21-11-22-17/h2-9,11-12H,10H2,1H3,(H,20,24)(H,21,22,23). The molecule has 6 heteroatoms. The number of aromatic nitrogens is 2. The molecular formula is C18H17ClN4O. The second kappa shape index (κ2) is 7.27. The van der Waals surface area contributed by atoms with Crippen LogP contribution >= 0.6 is 11.6 Å². The molecule has 24 heavy (non-hydrogen) atoms. The third kappa shape index (κ3) is 3.81. The maximum Gasteiger partial charge on any atom is 0.242 e. The molecule has 122 valence electrons. The van der Waals surface area contributed by atoms with Crippen LogP contribution in [0.2, 0.25) is 5.02 Å². The maximum absolute atomic E-state index is 12.3. The Morgan fingerprint density at radius 1 is 1.17 bits per heavy atom. The summed E-state index contributed by atoms with van der Waals surface area (Å²) >= 11 is 5.98. The van der Waals surface area contributed by atoms with E-state index in [1.54, 1.807) is 19.1 Å². The first-order valence-electron chi connectivity index (χ1n) is 7.62. The zero-order chi connectivity index (χ0) is 16.9. The van der Waals surface area contributed by atoms with Gasteiger partial charge in [0.25, 0.3) is 0 Å². The number of nitrogens with one attached hydrogen (secondary N) is 2. The van der Waals surface area contributed by atoms with Crippen LogP contribution in [0.5, 0.6) is 0 Å². The van der Waals surface area contributed by atoms with Gasteiger partial charge >= 0.3 is 0 Å². The fraction of sp³-hybridized carbons (Fsp3) is 0.167. The molecule has 0 saturated carbocycles. The molecule has 0 fully saturated rings. The predicted molar refractivity (Wildman–Crippen MR) is 95.9 cm³/mol. The van der Waals surface area contributed by atoms with Crippen LogP contribution < -0.4 is 10.6 Å². The molecule has 1 unspecified atom stereocenters. The molecule has 1 heterocycles. The molecular weight excluding hydrogens is 324 g/mol. The Kier molecular flexibility index (Phi) is 4.91. The number of carbonyl (C=O) groups excluding carboxylic acids is 1. The Bertz CT molecular complexity index is 854. The van der Waals surface area contributed by atoms with E-state index in [0.717, 1.165) is 16.5 Å². The number of nitrogens with zero attached hydrogens (tertiary/aromatic N) is 2. The van der Waals surface area contributed by atoms with Crippen molar-refractivity contribution in [2.24, 2.45) is 0 Å². The molecule has 2 N–H and O–H groups in total. The van der Waals surface area contributed by atoms with Crippen LogP contribution in [0.1, 0.15) is 12.5 Å². The molecule has 1 atom stereocenters. The van der Waals surface area contributed by atoms with Gasteiger partial charge in [0, 0.05) is 17.0 Å². The molecule has 0 aliphatic heterocycles. The zero-order valence-electron chi connectivity index (χ0n) is 13.2. The average molecular weight is 341 g/mol. The van der Waals surface area contributed by atoms with Gasteiger partial charge in [0.15, 0.2) is 0 Å². The van der Waals surface area contributed by atoms with Crippen LogP contribution in [-0.2, 0) is 11.3 Å². The summed E-state index contributed by atoms with van der Waals surface area (Å²) in [6, 6.07) is 14.7. The Morgan fingerprint density at radius 3 is 2.75 bits per heavy atom. The van der Waals surface area contributed by atoms with Gasteiger partial charge in [0.1, 0.15) is 18.2 Å². The SMILES string of the molecule is CC(Nc1ncnc2cc(Cl)ccc12)C(=O)NCc1ccccc1. The minimum atomic E-state index is -0.428. The number of benzene rings is 2. The molecule has 1 amide bonds. The molecule has 1 aromatic heterocycles. The fourth-order valence-electron chi connectivity index (χ4n) is 2.35. The molecule has 3 rings (SSSR count). The molecule has 0 aliphatic carbocycles. The van der Waals surface area contributed by atoms with Crippen molar-refractivity contribution in [2.75, 3.05) is 5.32 Å². The Labute approximate surface area is 145 Å². The lowest BCUT2D eigenvalue weighted by atomic mass is 10.2. The van der Waals surface area contributed by atoms with E-state index in [0.29, 0.717) is 17.4 Å². The van der Waals surface area contributed by atoms with Crippen molar-refractivity contribution in [1.82, 2.24) is 15.3 Å². The molecule has 3 aromatic rings. The summed E-state index contributed by atoms with van der Waals surface area (Å²) < 4.78 is 0. The Balaban J connectivity index is 1.68. The van der Waals surface area contributed by atoms with Gasteiger partial charge in [-0.1, -0.05) is 41.9 Å². The summed E-state index contributed by atoms with van der Waals surface area (Å²) in [4.78, 5) is 20.7. The highest BCUT2D eigenvalue weighted by atomic mass is 35.5. The van der Waals surface area contributed by atoms with Crippen molar-refractivity contribution in [3.63, 3.8) is 0 Å². The normalized spacial score (nSPS) is 11.9. The third-order valence-corrected chi connectivity index (χ3v) is 3.89. The predicted octanol–water partition coefficient (Wildman–Crippen LogP) is 3.40. The quantitative estimate of drug-likeness (QED) is 0.747. The molecule has 0 spiro atoms. The van der Waals surface area contributed by atoms with Gasteiger partial charge in [-0.3, -0.25) is 4.79 Å². The number of anilines is 1.